The van der Waals surface area contributed by atoms with Crippen molar-refractivity contribution in [2.75, 3.05) is 25.9 Å². The minimum atomic E-state index is -4.04. The Morgan fingerprint density at radius 3 is 2.61 bits per heavy atom. The number of rotatable bonds is 8. The van der Waals surface area contributed by atoms with Crippen molar-refractivity contribution in [2.24, 2.45) is 0 Å². The van der Waals surface area contributed by atoms with Crippen LogP contribution in [-0.2, 0) is 16.5 Å². The molecular weight excluding hydrogens is 265 g/mol. The fraction of sp³-hybridized carbons (Fsp3) is 0.636. The van der Waals surface area contributed by atoms with Crippen LogP contribution >= 0.6 is 11.3 Å². The molecule has 0 amide bonds. The van der Waals surface area contributed by atoms with Gasteiger partial charge < -0.3 is 9.45 Å². The molecule has 0 N–H and O–H groups in total. The summed E-state index contributed by atoms with van der Waals surface area (Å²) in [5.41, 5.74) is 1.34. The van der Waals surface area contributed by atoms with Crippen molar-refractivity contribution in [2.45, 2.75) is 19.3 Å². The van der Waals surface area contributed by atoms with E-state index in [4.69, 9.17) is 0 Å². The summed E-state index contributed by atoms with van der Waals surface area (Å²) in [6.07, 6.45) is 2.22. The van der Waals surface area contributed by atoms with Crippen LogP contribution in [0.15, 0.2) is 16.8 Å². The van der Waals surface area contributed by atoms with Gasteiger partial charge in [0.25, 0.3) is 0 Å². The van der Waals surface area contributed by atoms with Crippen LogP contribution in [-0.4, -0.2) is 43.8 Å². The van der Waals surface area contributed by atoms with Crippen molar-refractivity contribution < 1.29 is 31.8 Å². The monoisotopic (exact) mass is 283 g/mol. The van der Waals surface area contributed by atoms with E-state index >= 15 is 0 Å². The SMILES string of the molecule is CN(CCCCS(=O)(=O)[O-])CCc1ccsc1.[Li+]. The standard InChI is InChI=1S/C11H19NO3S2.Li/c1-12(6-2-3-9-17(13,14)15)7-4-11-5-8-16-10-11;/h5,8,10H,2-4,6-7,9H2,1H3,(H,13,14,15);/q;+1/p-1. The molecule has 4 nitrogen and oxygen atoms in total. The van der Waals surface area contributed by atoms with Crippen LogP contribution in [0, 0.1) is 0 Å². The molecular formula is C11H18LiNO3S2. The zero-order valence-electron chi connectivity index (χ0n) is 11.0. The first-order chi connectivity index (χ1) is 7.97. The van der Waals surface area contributed by atoms with Gasteiger partial charge in [-0.2, -0.15) is 11.3 Å². The summed E-state index contributed by atoms with van der Waals surface area (Å²) in [7, 11) is -2.02. The van der Waals surface area contributed by atoms with Gasteiger partial charge in [-0.05, 0) is 55.2 Å². The number of nitrogens with zero attached hydrogens (tertiary/aromatic N) is 1. The topological polar surface area (TPSA) is 60.4 Å². The Kier molecular flexibility index (Phi) is 9.22. The van der Waals surface area contributed by atoms with Crippen molar-refractivity contribution in [3.05, 3.63) is 22.4 Å². The van der Waals surface area contributed by atoms with Crippen molar-refractivity contribution in [1.82, 2.24) is 4.90 Å². The zero-order valence-corrected chi connectivity index (χ0v) is 12.6. The van der Waals surface area contributed by atoms with E-state index in [2.05, 4.69) is 21.7 Å². The van der Waals surface area contributed by atoms with Gasteiger partial charge in [0.1, 0.15) is 0 Å². The first-order valence-electron chi connectivity index (χ1n) is 5.60. The summed E-state index contributed by atoms with van der Waals surface area (Å²) in [4.78, 5) is 2.16. The van der Waals surface area contributed by atoms with E-state index in [-0.39, 0.29) is 24.6 Å². The molecule has 0 spiro atoms. The van der Waals surface area contributed by atoms with Crippen LogP contribution < -0.4 is 18.9 Å². The molecule has 18 heavy (non-hydrogen) atoms. The number of hydrogen-bond acceptors (Lipinski definition) is 5. The fourth-order valence-electron chi connectivity index (χ4n) is 1.53. The fourth-order valence-corrected chi connectivity index (χ4v) is 2.79. The maximum Gasteiger partial charge on any atom is 1.00 e. The average Bonchev–Trinajstić information content (AvgIpc) is 2.73. The van der Waals surface area contributed by atoms with Gasteiger partial charge in [-0.25, -0.2) is 8.42 Å². The molecule has 0 saturated heterocycles. The molecule has 0 aromatic carbocycles. The molecule has 1 heterocycles. The second-order valence-electron chi connectivity index (χ2n) is 4.15. The summed E-state index contributed by atoms with van der Waals surface area (Å²) in [5, 5.41) is 4.20. The van der Waals surface area contributed by atoms with Gasteiger partial charge in [0.05, 0.1) is 10.1 Å². The van der Waals surface area contributed by atoms with E-state index in [0.29, 0.717) is 6.42 Å². The van der Waals surface area contributed by atoms with E-state index in [9.17, 15) is 13.0 Å². The Labute approximate surface area is 125 Å². The average molecular weight is 283 g/mol. The molecule has 0 saturated carbocycles. The number of likely N-dealkylation sites (N-methyl/N-ethyl adjacent to an activating group) is 1. The van der Waals surface area contributed by atoms with Crippen LogP contribution in [0.1, 0.15) is 18.4 Å². The van der Waals surface area contributed by atoms with Gasteiger partial charge >= 0.3 is 18.9 Å². The molecule has 0 atom stereocenters. The van der Waals surface area contributed by atoms with Gasteiger partial charge in [-0.1, -0.05) is 0 Å². The molecule has 7 heteroatoms. The minimum absolute atomic E-state index is 0. The predicted octanol–water partition coefficient (Wildman–Crippen LogP) is -1.45. The molecule has 0 aliphatic heterocycles. The van der Waals surface area contributed by atoms with Crippen molar-refractivity contribution >= 4 is 21.5 Å². The van der Waals surface area contributed by atoms with Crippen molar-refractivity contribution in [3.63, 3.8) is 0 Å². The van der Waals surface area contributed by atoms with E-state index in [0.717, 1.165) is 25.9 Å². The number of hydrogen-bond donors (Lipinski definition) is 0. The molecule has 98 valence electrons. The summed E-state index contributed by atoms with van der Waals surface area (Å²) < 4.78 is 31.2. The summed E-state index contributed by atoms with van der Waals surface area (Å²) in [6.45, 7) is 1.79. The second-order valence-corrected chi connectivity index (χ2v) is 6.46. The molecule has 0 aliphatic rings. The molecule has 1 aromatic heterocycles. The maximum atomic E-state index is 10.4. The van der Waals surface area contributed by atoms with E-state index in [1.165, 1.54) is 5.56 Å². The Morgan fingerprint density at radius 2 is 2.06 bits per heavy atom. The third kappa shape index (κ3) is 9.14. The molecule has 0 unspecified atom stereocenters. The van der Waals surface area contributed by atoms with Crippen LogP contribution in [0.3, 0.4) is 0 Å². The summed E-state index contributed by atoms with van der Waals surface area (Å²) >= 11 is 1.70. The van der Waals surface area contributed by atoms with Gasteiger partial charge in [0.2, 0.25) is 0 Å². The summed E-state index contributed by atoms with van der Waals surface area (Å²) in [6, 6.07) is 2.11. The molecule has 0 radical (unpaired) electrons. The second kappa shape index (κ2) is 9.13. The quantitative estimate of drug-likeness (QED) is 0.333. The maximum absolute atomic E-state index is 10.4. The van der Waals surface area contributed by atoms with Crippen molar-refractivity contribution in [1.29, 1.82) is 0 Å². The number of unbranched alkanes of at least 4 members (excludes halogenated alkanes) is 1. The first-order valence-corrected chi connectivity index (χ1v) is 8.12. The molecule has 0 aliphatic carbocycles. The van der Waals surface area contributed by atoms with Gasteiger partial charge in [-0.15, -0.1) is 0 Å². The Hall–Kier alpha value is 0.167. The van der Waals surface area contributed by atoms with E-state index in [1.54, 1.807) is 11.3 Å². The van der Waals surface area contributed by atoms with Gasteiger partial charge in [-0.3, -0.25) is 0 Å². The number of thiophene rings is 1. The Balaban J connectivity index is 0.00000289. The molecule has 1 aromatic rings. The van der Waals surface area contributed by atoms with Crippen LogP contribution in [0.5, 0.6) is 0 Å². The van der Waals surface area contributed by atoms with Crippen LogP contribution in [0.25, 0.3) is 0 Å². The molecule has 0 fully saturated rings. The smallest absolute Gasteiger partial charge is 0.748 e. The minimum Gasteiger partial charge on any atom is -0.748 e. The third-order valence-electron chi connectivity index (χ3n) is 2.55. The van der Waals surface area contributed by atoms with Crippen LogP contribution in [0.4, 0.5) is 0 Å². The largest absolute Gasteiger partial charge is 1.00 e. The van der Waals surface area contributed by atoms with Crippen LogP contribution in [0.2, 0.25) is 0 Å². The van der Waals surface area contributed by atoms with Crippen molar-refractivity contribution in [3.8, 4) is 0 Å². The van der Waals surface area contributed by atoms with E-state index < -0.39 is 10.1 Å². The van der Waals surface area contributed by atoms with Gasteiger partial charge in [0, 0.05) is 12.3 Å². The van der Waals surface area contributed by atoms with Gasteiger partial charge in [0.15, 0.2) is 0 Å². The Bertz CT molecular complexity index is 406. The van der Waals surface area contributed by atoms with E-state index in [1.807, 2.05) is 7.05 Å². The zero-order chi connectivity index (χ0) is 12.7. The molecule has 0 bridgehead atoms. The normalized spacial score (nSPS) is 11.5. The first kappa shape index (κ1) is 18.2. The molecule has 1 rings (SSSR count). The third-order valence-corrected chi connectivity index (χ3v) is 4.07. The Morgan fingerprint density at radius 1 is 1.33 bits per heavy atom. The summed E-state index contributed by atoms with van der Waals surface area (Å²) in [5.74, 6) is -0.245. The predicted molar refractivity (Wildman–Crippen MR) is 69.3 cm³/mol.